The molecule has 2 heterocycles. The predicted octanol–water partition coefficient (Wildman–Crippen LogP) is 3.41. The van der Waals surface area contributed by atoms with Crippen molar-refractivity contribution in [3.63, 3.8) is 0 Å². The second-order valence-electron chi connectivity index (χ2n) is 10.2. The molecule has 1 saturated heterocycles. The number of carbonyl (C=O) groups excluding carboxylic acids is 2. The first-order chi connectivity index (χ1) is 19.4. The van der Waals surface area contributed by atoms with Gasteiger partial charge < -0.3 is 10.8 Å². The summed E-state index contributed by atoms with van der Waals surface area (Å²) in [6.07, 6.45) is -1.36. The largest absolute Gasteiger partial charge is 0.478 e. The molecule has 2 amide bonds. The van der Waals surface area contributed by atoms with Gasteiger partial charge in [0.25, 0.3) is 0 Å². The van der Waals surface area contributed by atoms with Gasteiger partial charge in [-0.3, -0.25) is 19.4 Å². The van der Waals surface area contributed by atoms with Crippen LogP contribution in [0, 0.1) is 40.1 Å². The highest BCUT2D eigenvalue weighted by molar-refractivity contribution is 5.95. The van der Waals surface area contributed by atoms with Gasteiger partial charge in [0.2, 0.25) is 11.8 Å². The van der Waals surface area contributed by atoms with Gasteiger partial charge in [0, 0.05) is 31.1 Å². The van der Waals surface area contributed by atoms with Crippen LogP contribution in [0.3, 0.4) is 0 Å². The third-order valence-electron chi connectivity index (χ3n) is 7.91. The van der Waals surface area contributed by atoms with Crippen LogP contribution in [-0.4, -0.2) is 51.9 Å². The van der Waals surface area contributed by atoms with Crippen LogP contribution in [0.5, 0.6) is 0 Å². The monoisotopic (exact) mass is 565 g/mol. The normalized spacial score (nSPS) is 19.8. The summed E-state index contributed by atoms with van der Waals surface area (Å²) in [5.41, 5.74) is 4.74. The molecule has 2 atom stereocenters. The fourth-order valence-electron chi connectivity index (χ4n) is 5.89. The summed E-state index contributed by atoms with van der Waals surface area (Å²) < 4.78 is 41.3. The van der Waals surface area contributed by atoms with Crippen LogP contribution in [0.2, 0.25) is 0 Å². The minimum absolute atomic E-state index is 0.0251. The zero-order valence-corrected chi connectivity index (χ0v) is 22.0. The summed E-state index contributed by atoms with van der Waals surface area (Å²) in [5.74, 6) is -6.63. The van der Waals surface area contributed by atoms with Gasteiger partial charge in [0.05, 0.1) is 41.3 Å². The lowest BCUT2D eigenvalue weighted by atomic mass is 9.72. The Hall–Kier alpha value is -4.68. The Balaban J connectivity index is 1.70. The summed E-state index contributed by atoms with van der Waals surface area (Å²) in [6.45, 7) is 1.74. The Morgan fingerprint density at radius 1 is 1.12 bits per heavy atom. The highest BCUT2D eigenvalue weighted by Gasteiger charge is 2.45. The van der Waals surface area contributed by atoms with E-state index in [0.717, 1.165) is 18.2 Å². The number of primary amides is 1. The van der Waals surface area contributed by atoms with Crippen molar-refractivity contribution in [3.05, 3.63) is 81.8 Å². The molecule has 4 rings (SSSR count). The fourth-order valence-corrected chi connectivity index (χ4v) is 5.89. The maximum atomic E-state index is 14.0. The van der Waals surface area contributed by atoms with Gasteiger partial charge in [-0.25, -0.2) is 18.0 Å². The van der Waals surface area contributed by atoms with E-state index >= 15 is 0 Å². The van der Waals surface area contributed by atoms with Crippen molar-refractivity contribution < 1.29 is 32.7 Å². The summed E-state index contributed by atoms with van der Waals surface area (Å²) in [5, 5.41) is 29.7. The van der Waals surface area contributed by atoms with Crippen molar-refractivity contribution in [1.82, 2.24) is 9.80 Å². The van der Waals surface area contributed by atoms with Crippen LogP contribution in [0.25, 0.3) is 0 Å². The van der Waals surface area contributed by atoms with E-state index < -0.39 is 52.7 Å². The number of likely N-dealkylation sites (tertiary alicyclic amines) is 1. The van der Waals surface area contributed by atoms with Crippen molar-refractivity contribution in [1.29, 1.82) is 10.5 Å². The Morgan fingerprint density at radius 3 is 2.37 bits per heavy atom. The van der Waals surface area contributed by atoms with Crippen molar-refractivity contribution in [2.24, 2.45) is 5.73 Å². The Morgan fingerprint density at radius 2 is 1.80 bits per heavy atom. The highest BCUT2D eigenvalue weighted by Crippen LogP contribution is 2.41. The first kappa shape index (κ1) is 29.3. The number of hydrogen-bond donors (Lipinski definition) is 2. The number of nitriles is 2. The second-order valence-corrected chi connectivity index (χ2v) is 10.2. The molecule has 0 aliphatic carbocycles. The molecule has 2 aliphatic rings. The number of amides is 2. The number of nitrogens with zero attached hydrogens (tertiary/aromatic N) is 4. The maximum Gasteiger partial charge on any atom is 0.333 e. The number of nitrogens with two attached hydrogens (primary N) is 1. The molecule has 0 aromatic heterocycles. The van der Waals surface area contributed by atoms with Gasteiger partial charge in [-0.05, 0) is 55.2 Å². The molecule has 41 heavy (non-hydrogen) atoms. The van der Waals surface area contributed by atoms with Crippen LogP contribution in [0.1, 0.15) is 55.2 Å². The minimum atomic E-state index is -1.37. The van der Waals surface area contributed by atoms with Crippen molar-refractivity contribution in [3.8, 4) is 12.1 Å². The minimum Gasteiger partial charge on any atom is -0.478 e. The number of carbonyl (C=O) groups is 3. The SMILES string of the molecule is CC1=C(C(=O)O)C(c2ccc(F)c(F)c2)CC(=O)N1C(CC(N)=O)N1CCC(C#N)(c2ccc(F)cc2C#N)CC1. The van der Waals surface area contributed by atoms with Crippen LogP contribution in [0.15, 0.2) is 47.7 Å². The molecule has 0 radical (unpaired) electrons. The fraction of sp³-hybridized carbons (Fsp3) is 0.345. The molecule has 0 bridgehead atoms. The zero-order valence-electron chi connectivity index (χ0n) is 22.0. The standard InChI is InChI=1S/C29H26F3N5O4/c1-16-27(28(40)41)20(17-2-5-22(31)23(32)11-17)12-26(39)37(16)25(13-24(35)38)36-8-6-29(15-34,7-9-36)21-4-3-19(30)10-18(21)14-33/h2-5,10-11,20,25H,6-9,12-13H2,1H3,(H2,35,38)(H,40,41). The summed E-state index contributed by atoms with van der Waals surface area (Å²) in [6, 6.07) is 10.8. The summed E-state index contributed by atoms with van der Waals surface area (Å²) in [4.78, 5) is 41.0. The number of rotatable bonds is 7. The van der Waals surface area contributed by atoms with Crippen molar-refractivity contribution >= 4 is 17.8 Å². The molecular formula is C29H26F3N5O4. The molecule has 0 spiro atoms. The molecule has 212 valence electrons. The van der Waals surface area contributed by atoms with E-state index in [9.17, 15) is 43.2 Å². The van der Waals surface area contributed by atoms with Gasteiger partial charge >= 0.3 is 5.97 Å². The lowest BCUT2D eigenvalue weighted by molar-refractivity contribution is -0.140. The molecule has 12 heteroatoms. The number of carboxylic acid groups (broad SMARTS) is 1. The van der Waals surface area contributed by atoms with Crippen LogP contribution in [0.4, 0.5) is 13.2 Å². The molecular weight excluding hydrogens is 539 g/mol. The predicted molar refractivity (Wildman–Crippen MR) is 138 cm³/mol. The highest BCUT2D eigenvalue weighted by atomic mass is 19.2. The Labute approximate surface area is 233 Å². The number of carboxylic acids is 1. The summed E-state index contributed by atoms with van der Waals surface area (Å²) in [7, 11) is 0. The average molecular weight is 566 g/mol. The molecule has 2 aromatic rings. The number of piperidine rings is 1. The number of aliphatic carboxylic acids is 1. The Kier molecular flexibility index (Phi) is 8.17. The average Bonchev–Trinajstić information content (AvgIpc) is 2.93. The van der Waals surface area contributed by atoms with Crippen LogP contribution >= 0.6 is 0 Å². The molecule has 0 saturated carbocycles. The third kappa shape index (κ3) is 5.52. The van der Waals surface area contributed by atoms with E-state index in [0.29, 0.717) is 5.56 Å². The van der Waals surface area contributed by atoms with Gasteiger partial charge in [-0.1, -0.05) is 12.1 Å². The molecule has 1 fully saturated rings. The smallest absolute Gasteiger partial charge is 0.333 e. The zero-order chi connectivity index (χ0) is 30.1. The first-order valence-corrected chi connectivity index (χ1v) is 12.8. The van der Waals surface area contributed by atoms with Gasteiger partial charge in [-0.2, -0.15) is 10.5 Å². The Bertz CT molecular complexity index is 1540. The lowest BCUT2D eigenvalue weighted by Crippen LogP contribution is -2.57. The second kappa shape index (κ2) is 11.4. The summed E-state index contributed by atoms with van der Waals surface area (Å²) >= 11 is 0. The molecule has 2 unspecified atom stereocenters. The number of allylic oxidation sites excluding steroid dienone is 1. The molecule has 2 aromatic carbocycles. The van der Waals surface area contributed by atoms with Crippen molar-refractivity contribution in [2.75, 3.05) is 13.1 Å². The molecule has 9 nitrogen and oxygen atoms in total. The van der Waals surface area contributed by atoms with Crippen LogP contribution < -0.4 is 5.73 Å². The first-order valence-electron chi connectivity index (χ1n) is 12.8. The van der Waals surface area contributed by atoms with E-state index in [2.05, 4.69) is 6.07 Å². The number of benzene rings is 2. The van der Waals surface area contributed by atoms with E-state index in [1.807, 2.05) is 6.07 Å². The van der Waals surface area contributed by atoms with E-state index in [-0.39, 0.29) is 61.2 Å². The van der Waals surface area contributed by atoms with Gasteiger partial charge in [0.15, 0.2) is 11.6 Å². The van der Waals surface area contributed by atoms with E-state index in [1.54, 1.807) is 4.90 Å². The van der Waals surface area contributed by atoms with Crippen LogP contribution in [-0.2, 0) is 19.8 Å². The number of hydrogen-bond acceptors (Lipinski definition) is 6. The van der Waals surface area contributed by atoms with E-state index in [4.69, 9.17) is 5.73 Å². The van der Waals surface area contributed by atoms with Crippen molar-refractivity contribution in [2.45, 2.75) is 50.1 Å². The maximum absolute atomic E-state index is 14.0. The molecule has 3 N–H and O–H groups in total. The third-order valence-corrected chi connectivity index (χ3v) is 7.91. The van der Waals surface area contributed by atoms with E-state index in [1.165, 1.54) is 30.0 Å². The molecule has 2 aliphatic heterocycles. The quantitative estimate of drug-likeness (QED) is 0.522. The van der Waals surface area contributed by atoms with Gasteiger partial charge in [-0.15, -0.1) is 0 Å². The topological polar surface area (TPSA) is 152 Å². The van der Waals surface area contributed by atoms with Gasteiger partial charge in [0.1, 0.15) is 5.82 Å². The lowest BCUT2D eigenvalue weighted by Gasteiger charge is -2.47. The number of halogens is 3.